The predicted octanol–water partition coefficient (Wildman–Crippen LogP) is 3.29. The van der Waals surface area contributed by atoms with Crippen molar-refractivity contribution in [2.24, 2.45) is 5.16 Å². The molecule has 0 atom stereocenters. The molecule has 0 bridgehead atoms. The molecular formula is C15H15NO3. The highest BCUT2D eigenvalue weighted by Gasteiger charge is 2.11. The Kier molecular flexibility index (Phi) is 4.13. The maximum absolute atomic E-state index is 11.2. The van der Waals surface area contributed by atoms with E-state index in [4.69, 9.17) is 9.25 Å². The van der Waals surface area contributed by atoms with Crippen LogP contribution in [-0.2, 0) is 9.63 Å². The maximum atomic E-state index is 11.2. The van der Waals surface area contributed by atoms with Crippen LogP contribution in [0.15, 0.2) is 52.2 Å². The normalized spacial score (nSPS) is 11.4. The van der Waals surface area contributed by atoms with Gasteiger partial charge in [-0.25, -0.2) is 4.79 Å². The Balaban J connectivity index is 2.34. The molecule has 0 spiro atoms. The lowest BCUT2D eigenvalue weighted by atomic mass is 10.1. The first-order valence-electron chi connectivity index (χ1n) is 6.09. The quantitative estimate of drug-likeness (QED) is 0.479. The summed E-state index contributed by atoms with van der Waals surface area (Å²) in [4.78, 5) is 16.1. The lowest BCUT2D eigenvalue weighted by molar-refractivity contribution is -0.143. The van der Waals surface area contributed by atoms with Gasteiger partial charge in [0.05, 0.1) is 6.26 Å². The Hall–Kier alpha value is -2.36. The van der Waals surface area contributed by atoms with Crippen molar-refractivity contribution in [3.63, 3.8) is 0 Å². The first-order chi connectivity index (χ1) is 9.20. The molecule has 0 radical (unpaired) electrons. The largest absolute Gasteiger partial charge is 0.463 e. The number of carbonyl (C=O) groups is 1. The van der Waals surface area contributed by atoms with Gasteiger partial charge in [0.2, 0.25) is 0 Å². The zero-order chi connectivity index (χ0) is 13.7. The molecule has 0 aliphatic carbocycles. The molecule has 19 heavy (non-hydrogen) atoms. The van der Waals surface area contributed by atoms with Gasteiger partial charge in [0.1, 0.15) is 0 Å². The van der Waals surface area contributed by atoms with Gasteiger partial charge in [-0.15, -0.1) is 0 Å². The van der Waals surface area contributed by atoms with E-state index >= 15 is 0 Å². The Labute approximate surface area is 111 Å². The third-order valence-corrected chi connectivity index (χ3v) is 2.61. The number of hydrogen-bond donors (Lipinski definition) is 0. The second kappa shape index (κ2) is 6.00. The smallest absolute Gasteiger partial charge is 0.334 e. The monoisotopic (exact) mass is 257 g/mol. The number of carbonyl (C=O) groups excluding carboxylic acids is 1. The van der Waals surface area contributed by atoms with Gasteiger partial charge in [-0.05, 0) is 19.1 Å². The SMILES string of the molecule is CCC(=O)O/N=C(/c1ccc(C)cc1)c1ccco1. The van der Waals surface area contributed by atoms with Gasteiger partial charge in [-0.3, -0.25) is 0 Å². The molecule has 0 aliphatic heterocycles. The van der Waals surface area contributed by atoms with Crippen LogP contribution >= 0.6 is 0 Å². The van der Waals surface area contributed by atoms with Crippen molar-refractivity contribution in [1.82, 2.24) is 0 Å². The molecule has 0 unspecified atom stereocenters. The second-order valence-electron chi connectivity index (χ2n) is 4.10. The first kappa shape index (κ1) is 13.1. The van der Waals surface area contributed by atoms with E-state index in [-0.39, 0.29) is 12.4 Å². The van der Waals surface area contributed by atoms with E-state index in [0.29, 0.717) is 11.5 Å². The van der Waals surface area contributed by atoms with Crippen LogP contribution in [0.5, 0.6) is 0 Å². The van der Waals surface area contributed by atoms with Gasteiger partial charge in [0, 0.05) is 12.0 Å². The molecule has 1 aromatic heterocycles. The summed E-state index contributed by atoms with van der Waals surface area (Å²) in [6.45, 7) is 3.72. The van der Waals surface area contributed by atoms with Gasteiger partial charge in [0.15, 0.2) is 11.5 Å². The van der Waals surface area contributed by atoms with E-state index in [2.05, 4.69) is 5.16 Å². The fourth-order valence-corrected chi connectivity index (χ4v) is 1.53. The molecule has 1 aromatic carbocycles. The van der Waals surface area contributed by atoms with Crippen molar-refractivity contribution in [2.75, 3.05) is 0 Å². The van der Waals surface area contributed by atoms with Gasteiger partial charge >= 0.3 is 5.97 Å². The number of benzene rings is 1. The Morgan fingerprint density at radius 3 is 2.58 bits per heavy atom. The Morgan fingerprint density at radius 1 is 1.26 bits per heavy atom. The van der Waals surface area contributed by atoms with E-state index in [0.717, 1.165) is 11.1 Å². The van der Waals surface area contributed by atoms with Gasteiger partial charge < -0.3 is 9.25 Å². The number of hydrogen-bond acceptors (Lipinski definition) is 4. The van der Waals surface area contributed by atoms with Crippen LogP contribution in [0.25, 0.3) is 0 Å². The van der Waals surface area contributed by atoms with Crippen LogP contribution in [0.1, 0.15) is 30.2 Å². The summed E-state index contributed by atoms with van der Waals surface area (Å²) in [5.41, 5.74) is 2.49. The average Bonchev–Trinajstić information content (AvgIpc) is 2.94. The van der Waals surface area contributed by atoms with Crippen molar-refractivity contribution >= 4 is 11.7 Å². The van der Waals surface area contributed by atoms with E-state index in [1.807, 2.05) is 31.2 Å². The minimum absolute atomic E-state index is 0.281. The molecule has 0 amide bonds. The molecular weight excluding hydrogens is 242 g/mol. The van der Waals surface area contributed by atoms with Crippen molar-refractivity contribution in [3.05, 3.63) is 59.5 Å². The van der Waals surface area contributed by atoms with E-state index in [1.165, 1.54) is 0 Å². The molecule has 2 aromatic rings. The Bertz CT molecular complexity index is 568. The van der Waals surface area contributed by atoms with Crippen molar-refractivity contribution in [3.8, 4) is 0 Å². The molecule has 4 heteroatoms. The molecule has 4 nitrogen and oxygen atoms in total. The standard InChI is InChI=1S/C15H15NO3/c1-3-14(17)19-16-15(13-5-4-10-18-13)12-8-6-11(2)7-9-12/h4-10H,3H2,1-2H3/b16-15-. The van der Waals surface area contributed by atoms with Crippen LogP contribution in [-0.4, -0.2) is 11.7 Å². The Morgan fingerprint density at radius 2 is 2.00 bits per heavy atom. The summed E-state index contributed by atoms with van der Waals surface area (Å²) < 4.78 is 5.32. The van der Waals surface area contributed by atoms with E-state index < -0.39 is 0 Å². The zero-order valence-corrected chi connectivity index (χ0v) is 10.9. The predicted molar refractivity (Wildman–Crippen MR) is 71.9 cm³/mol. The molecule has 0 saturated heterocycles. The van der Waals surface area contributed by atoms with Crippen LogP contribution < -0.4 is 0 Å². The highest BCUT2D eigenvalue weighted by Crippen LogP contribution is 2.13. The molecule has 1 heterocycles. The van der Waals surface area contributed by atoms with Crippen LogP contribution in [0.2, 0.25) is 0 Å². The fourth-order valence-electron chi connectivity index (χ4n) is 1.53. The lowest BCUT2D eigenvalue weighted by Gasteiger charge is -2.04. The summed E-state index contributed by atoms with van der Waals surface area (Å²) in [6.07, 6.45) is 1.84. The minimum Gasteiger partial charge on any atom is -0.463 e. The summed E-state index contributed by atoms with van der Waals surface area (Å²) in [6, 6.07) is 11.3. The van der Waals surface area contributed by atoms with Gasteiger partial charge in [0.25, 0.3) is 0 Å². The summed E-state index contributed by atoms with van der Waals surface area (Å²) in [5.74, 6) is 0.184. The van der Waals surface area contributed by atoms with E-state index in [1.54, 1.807) is 25.3 Å². The first-order valence-corrected chi connectivity index (χ1v) is 6.09. The third-order valence-electron chi connectivity index (χ3n) is 2.61. The number of oxime groups is 1. The van der Waals surface area contributed by atoms with Crippen LogP contribution in [0.3, 0.4) is 0 Å². The molecule has 0 saturated carbocycles. The third kappa shape index (κ3) is 3.31. The lowest BCUT2D eigenvalue weighted by Crippen LogP contribution is -2.06. The minimum atomic E-state index is -0.379. The maximum Gasteiger partial charge on any atom is 0.334 e. The summed E-state index contributed by atoms with van der Waals surface area (Å²) >= 11 is 0. The number of aryl methyl sites for hydroxylation is 1. The average molecular weight is 257 g/mol. The number of rotatable bonds is 4. The van der Waals surface area contributed by atoms with Gasteiger partial charge in [-0.1, -0.05) is 41.9 Å². The number of furan rings is 1. The number of nitrogens with zero attached hydrogens (tertiary/aromatic N) is 1. The molecule has 0 aliphatic rings. The summed E-state index contributed by atoms with van der Waals surface area (Å²) in [7, 11) is 0. The molecule has 2 rings (SSSR count). The molecule has 0 fully saturated rings. The molecule has 98 valence electrons. The van der Waals surface area contributed by atoms with Gasteiger partial charge in [-0.2, -0.15) is 0 Å². The topological polar surface area (TPSA) is 51.8 Å². The van der Waals surface area contributed by atoms with Crippen LogP contribution in [0.4, 0.5) is 0 Å². The van der Waals surface area contributed by atoms with E-state index in [9.17, 15) is 4.79 Å². The van der Waals surface area contributed by atoms with Crippen LogP contribution in [0, 0.1) is 6.92 Å². The summed E-state index contributed by atoms with van der Waals surface area (Å²) in [5, 5.41) is 3.91. The second-order valence-corrected chi connectivity index (χ2v) is 4.10. The molecule has 0 N–H and O–H groups in total. The fraction of sp³-hybridized carbons (Fsp3) is 0.200. The zero-order valence-electron chi connectivity index (χ0n) is 10.9. The highest BCUT2D eigenvalue weighted by molar-refractivity contribution is 6.11. The van der Waals surface area contributed by atoms with Crippen molar-refractivity contribution in [1.29, 1.82) is 0 Å². The van der Waals surface area contributed by atoms with Crippen molar-refractivity contribution in [2.45, 2.75) is 20.3 Å². The van der Waals surface area contributed by atoms with Crippen molar-refractivity contribution < 1.29 is 14.0 Å². The highest BCUT2D eigenvalue weighted by atomic mass is 16.7.